The second kappa shape index (κ2) is 5.95. The second-order valence-electron chi connectivity index (χ2n) is 4.16. The Morgan fingerprint density at radius 3 is 2.62 bits per heavy atom. The number of nitrogen functional groups attached to an aromatic ring is 1. The van der Waals surface area contributed by atoms with Gasteiger partial charge in [-0.2, -0.15) is 0 Å². The van der Waals surface area contributed by atoms with Gasteiger partial charge in [-0.05, 0) is 11.6 Å². The van der Waals surface area contributed by atoms with Crippen LogP contribution in [0.3, 0.4) is 0 Å². The van der Waals surface area contributed by atoms with Crippen molar-refractivity contribution in [2.75, 3.05) is 5.73 Å². The molecule has 0 fully saturated rings. The molecule has 1 heterocycles. The Morgan fingerprint density at radius 2 is 2.00 bits per heavy atom. The molecule has 2 aromatic rings. The summed E-state index contributed by atoms with van der Waals surface area (Å²) in [5.74, 6) is -1.86. The van der Waals surface area contributed by atoms with Crippen molar-refractivity contribution < 1.29 is 14.1 Å². The molecule has 0 atom stereocenters. The first-order valence-corrected chi connectivity index (χ1v) is 5.90. The Kier molecular flexibility index (Phi) is 4.07. The predicted molar refractivity (Wildman–Crippen MR) is 72.9 cm³/mol. The molecule has 8 heteroatoms. The van der Waals surface area contributed by atoms with Gasteiger partial charge in [-0.3, -0.25) is 14.9 Å². The molecule has 0 unspecified atom stereocenters. The lowest BCUT2D eigenvalue weighted by molar-refractivity contribution is -0.384. The van der Waals surface area contributed by atoms with Crippen molar-refractivity contribution in [3.05, 3.63) is 63.6 Å². The number of non-ortho nitro benzene ring substituents is 1. The lowest BCUT2D eigenvalue weighted by atomic mass is 10.2. The van der Waals surface area contributed by atoms with E-state index in [-0.39, 0.29) is 23.6 Å². The third-order valence-electron chi connectivity index (χ3n) is 2.76. The Balaban J connectivity index is 2.04. The van der Waals surface area contributed by atoms with Gasteiger partial charge in [0.05, 0.1) is 10.5 Å². The molecular formula is C13H11FN4O3. The number of nitro benzene ring substituents is 1. The molecule has 2 rings (SSSR count). The van der Waals surface area contributed by atoms with Crippen LogP contribution in [0.2, 0.25) is 0 Å². The van der Waals surface area contributed by atoms with Crippen LogP contribution in [0.4, 0.5) is 15.9 Å². The average molecular weight is 290 g/mol. The Labute approximate surface area is 118 Å². The standard InChI is InChI=1S/C13H11FN4O3/c14-11-10(5-6-16-12(11)15)13(19)17-7-8-1-3-9(4-2-8)18(20)21/h1-6H,7H2,(H2,15,16)(H,17,19). The molecule has 0 saturated heterocycles. The zero-order valence-electron chi connectivity index (χ0n) is 10.7. The van der Waals surface area contributed by atoms with Gasteiger partial charge in [0, 0.05) is 24.9 Å². The van der Waals surface area contributed by atoms with E-state index in [1.807, 2.05) is 0 Å². The average Bonchev–Trinajstić information content (AvgIpc) is 2.48. The summed E-state index contributed by atoms with van der Waals surface area (Å²) in [6.45, 7) is 0.110. The molecule has 1 amide bonds. The molecule has 0 aliphatic rings. The highest BCUT2D eigenvalue weighted by atomic mass is 19.1. The third kappa shape index (κ3) is 3.30. The first kappa shape index (κ1) is 14.4. The number of nitrogens with one attached hydrogen (secondary N) is 1. The highest BCUT2D eigenvalue weighted by Gasteiger charge is 2.14. The number of halogens is 1. The molecule has 1 aromatic carbocycles. The quantitative estimate of drug-likeness (QED) is 0.656. The second-order valence-corrected chi connectivity index (χ2v) is 4.16. The third-order valence-corrected chi connectivity index (χ3v) is 2.76. The minimum atomic E-state index is -0.876. The van der Waals surface area contributed by atoms with Crippen molar-refractivity contribution in [1.82, 2.24) is 10.3 Å². The van der Waals surface area contributed by atoms with Crippen molar-refractivity contribution in [3.63, 3.8) is 0 Å². The summed E-state index contributed by atoms with van der Waals surface area (Å²) in [7, 11) is 0. The number of nitrogens with zero attached hydrogens (tertiary/aromatic N) is 2. The van der Waals surface area contributed by atoms with Crippen molar-refractivity contribution in [2.45, 2.75) is 6.54 Å². The number of nitro groups is 1. The van der Waals surface area contributed by atoms with Crippen LogP contribution in [0.15, 0.2) is 36.5 Å². The number of rotatable bonds is 4. The molecule has 0 radical (unpaired) electrons. The van der Waals surface area contributed by atoms with Gasteiger partial charge in [-0.25, -0.2) is 9.37 Å². The lowest BCUT2D eigenvalue weighted by Crippen LogP contribution is -2.24. The Hall–Kier alpha value is -3.03. The smallest absolute Gasteiger partial charge is 0.269 e. The maximum atomic E-state index is 13.6. The van der Waals surface area contributed by atoms with Crippen molar-refractivity contribution in [2.24, 2.45) is 0 Å². The number of carbonyl (C=O) groups is 1. The van der Waals surface area contributed by atoms with E-state index in [9.17, 15) is 19.3 Å². The van der Waals surface area contributed by atoms with Crippen LogP contribution in [0, 0.1) is 15.9 Å². The molecule has 1 aromatic heterocycles. The van der Waals surface area contributed by atoms with Crippen LogP contribution in [0.5, 0.6) is 0 Å². The summed E-state index contributed by atoms with van der Waals surface area (Å²) in [6.07, 6.45) is 1.24. The topological polar surface area (TPSA) is 111 Å². The van der Waals surface area contributed by atoms with Crippen molar-refractivity contribution in [3.8, 4) is 0 Å². The molecule has 3 N–H and O–H groups in total. The van der Waals surface area contributed by atoms with Gasteiger partial charge in [-0.1, -0.05) is 12.1 Å². The van der Waals surface area contributed by atoms with Crippen LogP contribution in [0.1, 0.15) is 15.9 Å². The maximum Gasteiger partial charge on any atom is 0.269 e. The molecule has 0 spiro atoms. The number of benzene rings is 1. The van der Waals surface area contributed by atoms with Gasteiger partial charge in [0.15, 0.2) is 11.6 Å². The van der Waals surface area contributed by atoms with E-state index in [2.05, 4.69) is 10.3 Å². The van der Waals surface area contributed by atoms with Gasteiger partial charge in [-0.15, -0.1) is 0 Å². The van der Waals surface area contributed by atoms with Crippen LogP contribution in [0.25, 0.3) is 0 Å². The summed E-state index contributed by atoms with van der Waals surface area (Å²) in [4.78, 5) is 25.3. The molecule has 0 bridgehead atoms. The van der Waals surface area contributed by atoms with Crippen LogP contribution in [-0.4, -0.2) is 15.8 Å². The highest BCUT2D eigenvalue weighted by Crippen LogP contribution is 2.13. The number of pyridine rings is 1. The summed E-state index contributed by atoms with van der Waals surface area (Å²) in [5.41, 5.74) is 5.68. The van der Waals surface area contributed by atoms with E-state index in [0.717, 1.165) is 0 Å². The Morgan fingerprint density at radius 1 is 1.33 bits per heavy atom. The van der Waals surface area contributed by atoms with E-state index in [1.54, 1.807) is 0 Å². The number of amides is 1. The van der Waals surface area contributed by atoms with E-state index >= 15 is 0 Å². The van der Waals surface area contributed by atoms with Gasteiger partial charge in [0.1, 0.15) is 0 Å². The van der Waals surface area contributed by atoms with Crippen molar-refractivity contribution in [1.29, 1.82) is 0 Å². The first-order valence-electron chi connectivity index (χ1n) is 5.90. The van der Waals surface area contributed by atoms with Gasteiger partial charge >= 0.3 is 0 Å². The lowest BCUT2D eigenvalue weighted by Gasteiger charge is -2.07. The number of anilines is 1. The zero-order valence-corrected chi connectivity index (χ0v) is 10.7. The largest absolute Gasteiger partial charge is 0.381 e. The van der Waals surface area contributed by atoms with Crippen LogP contribution < -0.4 is 11.1 Å². The molecular weight excluding hydrogens is 279 g/mol. The van der Waals surface area contributed by atoms with Crippen LogP contribution in [-0.2, 0) is 6.54 Å². The summed E-state index contributed by atoms with van der Waals surface area (Å²) in [5, 5.41) is 13.0. The summed E-state index contributed by atoms with van der Waals surface area (Å²) in [6, 6.07) is 6.89. The number of carbonyl (C=O) groups excluding carboxylic acids is 1. The van der Waals surface area contributed by atoms with Crippen LogP contribution >= 0.6 is 0 Å². The fourth-order valence-electron chi connectivity index (χ4n) is 1.65. The fraction of sp³-hybridized carbons (Fsp3) is 0.0769. The van der Waals surface area contributed by atoms with E-state index in [4.69, 9.17) is 5.73 Å². The normalized spacial score (nSPS) is 10.1. The number of aromatic nitrogens is 1. The first-order chi connectivity index (χ1) is 9.99. The van der Waals surface area contributed by atoms with Crippen molar-refractivity contribution >= 4 is 17.4 Å². The molecule has 21 heavy (non-hydrogen) atoms. The molecule has 0 saturated carbocycles. The maximum absolute atomic E-state index is 13.6. The molecule has 108 valence electrons. The molecule has 0 aliphatic heterocycles. The van der Waals surface area contributed by atoms with E-state index in [1.165, 1.54) is 36.5 Å². The monoisotopic (exact) mass is 290 g/mol. The minimum Gasteiger partial charge on any atom is -0.381 e. The van der Waals surface area contributed by atoms with Gasteiger partial charge in [0.25, 0.3) is 11.6 Å². The number of hydrogen-bond donors (Lipinski definition) is 2. The Bertz CT molecular complexity index is 688. The summed E-state index contributed by atoms with van der Waals surface area (Å²) >= 11 is 0. The van der Waals surface area contributed by atoms with E-state index in [0.29, 0.717) is 5.56 Å². The van der Waals surface area contributed by atoms with Gasteiger partial charge < -0.3 is 11.1 Å². The van der Waals surface area contributed by atoms with Gasteiger partial charge in [0.2, 0.25) is 0 Å². The fourth-order valence-corrected chi connectivity index (χ4v) is 1.65. The number of hydrogen-bond acceptors (Lipinski definition) is 5. The molecule has 0 aliphatic carbocycles. The molecule has 7 nitrogen and oxygen atoms in total. The number of nitrogens with two attached hydrogens (primary N) is 1. The van der Waals surface area contributed by atoms with E-state index < -0.39 is 16.6 Å². The highest BCUT2D eigenvalue weighted by molar-refractivity contribution is 5.95. The zero-order chi connectivity index (χ0) is 15.4. The summed E-state index contributed by atoms with van der Waals surface area (Å²) < 4.78 is 13.6. The predicted octanol–water partition coefficient (Wildman–Crippen LogP) is 1.64. The SMILES string of the molecule is Nc1nccc(C(=O)NCc2ccc([N+](=O)[O-])cc2)c1F. The minimum absolute atomic E-state index is 0.0435.